The first-order chi connectivity index (χ1) is 9.40. The van der Waals surface area contributed by atoms with Gasteiger partial charge < -0.3 is 15.3 Å². The van der Waals surface area contributed by atoms with E-state index in [1.807, 2.05) is 7.05 Å². The van der Waals surface area contributed by atoms with E-state index in [1.165, 1.54) is 0 Å². The molecule has 1 saturated carbocycles. The molecule has 0 unspecified atom stereocenters. The normalized spacial score (nSPS) is 22.6. The van der Waals surface area contributed by atoms with Crippen LogP contribution in [0.3, 0.4) is 0 Å². The number of carboxylic acid groups (broad SMARTS) is 1. The van der Waals surface area contributed by atoms with Gasteiger partial charge in [-0.1, -0.05) is 13.8 Å². The van der Waals surface area contributed by atoms with Crippen molar-refractivity contribution in [3.8, 4) is 0 Å². The van der Waals surface area contributed by atoms with E-state index in [2.05, 4.69) is 19.2 Å². The van der Waals surface area contributed by atoms with Crippen molar-refractivity contribution in [2.75, 3.05) is 20.1 Å². The maximum atomic E-state index is 11.9. The zero-order chi connectivity index (χ0) is 15.1. The van der Waals surface area contributed by atoms with Gasteiger partial charge in [-0.15, -0.1) is 0 Å². The van der Waals surface area contributed by atoms with E-state index in [9.17, 15) is 9.59 Å². The lowest BCUT2D eigenvalue weighted by Gasteiger charge is -2.27. The molecule has 0 spiro atoms. The molecule has 1 rings (SSSR count). The second-order valence-electron chi connectivity index (χ2n) is 6.35. The molecule has 0 saturated heterocycles. The summed E-state index contributed by atoms with van der Waals surface area (Å²) in [6, 6.07) is -0.0222. The number of urea groups is 1. The molecule has 20 heavy (non-hydrogen) atoms. The Hall–Kier alpha value is -1.26. The van der Waals surface area contributed by atoms with Crippen LogP contribution in [0.2, 0.25) is 0 Å². The topological polar surface area (TPSA) is 69.6 Å². The third-order valence-electron chi connectivity index (χ3n) is 4.13. The summed E-state index contributed by atoms with van der Waals surface area (Å²) in [6.45, 7) is 5.73. The largest absolute Gasteiger partial charge is 0.481 e. The molecule has 0 heterocycles. The SMILES string of the molecule is CC(C)CCN(C)C(=O)NCC1CCC(C(=O)O)CC1. The Morgan fingerprint density at radius 1 is 1.25 bits per heavy atom. The Labute approximate surface area is 121 Å². The molecule has 0 aromatic carbocycles. The van der Waals surface area contributed by atoms with Gasteiger partial charge in [0.15, 0.2) is 0 Å². The van der Waals surface area contributed by atoms with Gasteiger partial charge in [-0.2, -0.15) is 0 Å². The van der Waals surface area contributed by atoms with E-state index in [4.69, 9.17) is 5.11 Å². The predicted octanol–water partition coefficient (Wildman–Crippen LogP) is 2.56. The smallest absolute Gasteiger partial charge is 0.317 e. The molecule has 0 radical (unpaired) electrons. The predicted molar refractivity (Wildman–Crippen MR) is 78.6 cm³/mol. The van der Waals surface area contributed by atoms with Gasteiger partial charge in [0.05, 0.1) is 5.92 Å². The lowest BCUT2D eigenvalue weighted by Crippen LogP contribution is -2.41. The van der Waals surface area contributed by atoms with Crippen molar-refractivity contribution < 1.29 is 14.7 Å². The van der Waals surface area contributed by atoms with Gasteiger partial charge in [0.2, 0.25) is 0 Å². The van der Waals surface area contributed by atoms with Crippen molar-refractivity contribution in [2.24, 2.45) is 17.8 Å². The minimum Gasteiger partial charge on any atom is -0.481 e. The number of hydrogen-bond acceptors (Lipinski definition) is 2. The van der Waals surface area contributed by atoms with Crippen LogP contribution in [0.1, 0.15) is 46.0 Å². The molecular weight excluding hydrogens is 256 g/mol. The summed E-state index contributed by atoms with van der Waals surface area (Å²) in [5.41, 5.74) is 0. The Kier molecular flexibility index (Phi) is 6.82. The summed E-state index contributed by atoms with van der Waals surface area (Å²) in [4.78, 5) is 24.5. The van der Waals surface area contributed by atoms with E-state index < -0.39 is 5.97 Å². The van der Waals surface area contributed by atoms with Crippen molar-refractivity contribution in [1.82, 2.24) is 10.2 Å². The minimum atomic E-state index is -0.680. The molecule has 2 N–H and O–H groups in total. The Morgan fingerprint density at radius 2 is 1.85 bits per heavy atom. The maximum Gasteiger partial charge on any atom is 0.317 e. The number of carbonyl (C=O) groups is 2. The van der Waals surface area contributed by atoms with Gasteiger partial charge in [-0.05, 0) is 43.9 Å². The van der Waals surface area contributed by atoms with E-state index in [-0.39, 0.29) is 11.9 Å². The van der Waals surface area contributed by atoms with Crippen molar-refractivity contribution in [1.29, 1.82) is 0 Å². The number of hydrogen-bond donors (Lipinski definition) is 2. The third kappa shape index (κ3) is 5.80. The lowest BCUT2D eigenvalue weighted by atomic mass is 9.82. The molecular formula is C15H28N2O3. The summed E-state index contributed by atoms with van der Waals surface area (Å²) in [5.74, 6) is 0.154. The first-order valence-electron chi connectivity index (χ1n) is 7.62. The molecule has 5 heteroatoms. The minimum absolute atomic E-state index is 0.0222. The third-order valence-corrected chi connectivity index (χ3v) is 4.13. The van der Waals surface area contributed by atoms with Gasteiger partial charge in [0.1, 0.15) is 0 Å². The summed E-state index contributed by atoms with van der Waals surface area (Å²) >= 11 is 0. The van der Waals surface area contributed by atoms with Gasteiger partial charge >= 0.3 is 12.0 Å². The van der Waals surface area contributed by atoms with Crippen LogP contribution in [-0.4, -0.2) is 42.1 Å². The highest BCUT2D eigenvalue weighted by Crippen LogP contribution is 2.28. The molecule has 116 valence electrons. The van der Waals surface area contributed by atoms with E-state index >= 15 is 0 Å². The zero-order valence-electron chi connectivity index (χ0n) is 12.9. The highest BCUT2D eigenvalue weighted by Gasteiger charge is 2.26. The molecule has 2 amide bonds. The van der Waals surface area contributed by atoms with Gasteiger partial charge in [-0.25, -0.2) is 4.79 Å². The van der Waals surface area contributed by atoms with E-state index in [0.29, 0.717) is 18.4 Å². The summed E-state index contributed by atoms with van der Waals surface area (Å²) in [6.07, 6.45) is 4.27. The van der Waals surface area contributed by atoms with Gasteiger partial charge in [0.25, 0.3) is 0 Å². The number of carboxylic acids is 1. The van der Waals surface area contributed by atoms with Crippen molar-refractivity contribution in [3.05, 3.63) is 0 Å². The number of amides is 2. The van der Waals surface area contributed by atoms with E-state index in [0.717, 1.165) is 38.6 Å². The fourth-order valence-electron chi connectivity index (χ4n) is 2.53. The first kappa shape index (κ1) is 16.8. The van der Waals surface area contributed by atoms with Gasteiger partial charge in [-0.3, -0.25) is 4.79 Å². The molecule has 1 aliphatic rings. The molecule has 0 atom stereocenters. The molecule has 0 aromatic rings. The van der Waals surface area contributed by atoms with Crippen molar-refractivity contribution >= 4 is 12.0 Å². The zero-order valence-corrected chi connectivity index (χ0v) is 12.9. The Morgan fingerprint density at radius 3 is 2.35 bits per heavy atom. The Bertz CT molecular complexity index is 323. The molecule has 0 bridgehead atoms. The van der Waals surface area contributed by atoms with Crippen LogP contribution in [0.5, 0.6) is 0 Å². The van der Waals surface area contributed by atoms with Crippen LogP contribution >= 0.6 is 0 Å². The molecule has 1 aliphatic carbocycles. The summed E-state index contributed by atoms with van der Waals surface area (Å²) in [5, 5.41) is 11.9. The summed E-state index contributed by atoms with van der Waals surface area (Å²) < 4.78 is 0. The highest BCUT2D eigenvalue weighted by molar-refractivity contribution is 5.73. The van der Waals surface area contributed by atoms with Crippen LogP contribution in [0.4, 0.5) is 4.79 Å². The molecule has 0 aromatic heterocycles. The lowest BCUT2D eigenvalue weighted by molar-refractivity contribution is -0.143. The van der Waals surface area contributed by atoms with Crippen molar-refractivity contribution in [2.45, 2.75) is 46.0 Å². The Balaban J connectivity index is 2.20. The molecule has 0 aliphatic heterocycles. The molecule has 1 fully saturated rings. The van der Waals surface area contributed by atoms with Crippen LogP contribution in [0, 0.1) is 17.8 Å². The maximum absolute atomic E-state index is 11.9. The molecule has 5 nitrogen and oxygen atoms in total. The number of carbonyl (C=O) groups excluding carboxylic acids is 1. The van der Waals surface area contributed by atoms with Crippen LogP contribution in [0.15, 0.2) is 0 Å². The van der Waals surface area contributed by atoms with Crippen molar-refractivity contribution in [3.63, 3.8) is 0 Å². The second-order valence-corrected chi connectivity index (χ2v) is 6.35. The quantitative estimate of drug-likeness (QED) is 0.787. The van der Waals surface area contributed by atoms with Crippen LogP contribution in [-0.2, 0) is 4.79 Å². The summed E-state index contributed by atoms with van der Waals surface area (Å²) in [7, 11) is 1.82. The number of rotatable bonds is 6. The average molecular weight is 284 g/mol. The second kappa shape index (κ2) is 8.12. The number of aliphatic carboxylic acids is 1. The number of nitrogens with one attached hydrogen (secondary N) is 1. The standard InChI is InChI=1S/C15H28N2O3/c1-11(2)8-9-17(3)15(20)16-10-12-4-6-13(7-5-12)14(18)19/h11-13H,4-10H2,1-3H3,(H,16,20)(H,18,19). The fraction of sp³-hybridized carbons (Fsp3) is 0.867. The van der Waals surface area contributed by atoms with Gasteiger partial charge in [0, 0.05) is 20.1 Å². The first-order valence-corrected chi connectivity index (χ1v) is 7.62. The highest BCUT2D eigenvalue weighted by atomic mass is 16.4. The van der Waals surface area contributed by atoms with E-state index in [1.54, 1.807) is 4.90 Å². The van der Waals surface area contributed by atoms with Crippen LogP contribution < -0.4 is 5.32 Å². The van der Waals surface area contributed by atoms with Crippen LogP contribution in [0.25, 0.3) is 0 Å². The monoisotopic (exact) mass is 284 g/mol. The fourth-order valence-corrected chi connectivity index (χ4v) is 2.53. The number of nitrogens with zero attached hydrogens (tertiary/aromatic N) is 1. The average Bonchev–Trinajstić information content (AvgIpc) is 2.42.